The molecule has 6 heteroatoms. The van der Waals surface area contributed by atoms with Crippen molar-refractivity contribution < 1.29 is 9.53 Å². The summed E-state index contributed by atoms with van der Waals surface area (Å²) in [6.07, 6.45) is 2.86. The number of nitrogens with one attached hydrogen (secondary N) is 1. The van der Waals surface area contributed by atoms with Crippen molar-refractivity contribution in [3.8, 4) is 5.75 Å². The molecule has 1 aromatic rings. The number of hydrogen-bond donors (Lipinski definition) is 1. The monoisotopic (exact) mass is 446 g/mol. The van der Waals surface area contributed by atoms with Gasteiger partial charge < -0.3 is 15.0 Å². The van der Waals surface area contributed by atoms with Crippen molar-refractivity contribution in [2.45, 2.75) is 45.8 Å². The fraction of sp³-hybridized carbons (Fsp3) is 0.588. The molecule has 1 fully saturated rings. The molecule has 0 atom stereocenters. The molecule has 1 aliphatic heterocycles. The molecule has 1 saturated heterocycles. The van der Waals surface area contributed by atoms with Gasteiger partial charge in [-0.3, -0.25) is 4.79 Å². The van der Waals surface area contributed by atoms with Gasteiger partial charge in [0, 0.05) is 26.1 Å². The zero-order valence-electron chi connectivity index (χ0n) is 13.7. The van der Waals surface area contributed by atoms with Crippen LogP contribution in [0.2, 0.25) is 0 Å². The highest BCUT2D eigenvalue weighted by Gasteiger charge is 2.18. The molecule has 1 heterocycles. The van der Waals surface area contributed by atoms with Gasteiger partial charge in [0.15, 0.2) is 0 Å². The number of amides is 1. The van der Waals surface area contributed by atoms with E-state index in [4.69, 9.17) is 4.74 Å². The van der Waals surface area contributed by atoms with E-state index in [0.29, 0.717) is 5.91 Å². The minimum absolute atomic E-state index is 0.139. The fourth-order valence-corrected chi connectivity index (χ4v) is 4.10. The van der Waals surface area contributed by atoms with E-state index in [0.717, 1.165) is 60.1 Å². The van der Waals surface area contributed by atoms with E-state index in [1.807, 2.05) is 18.7 Å². The molecule has 0 saturated carbocycles. The van der Waals surface area contributed by atoms with E-state index >= 15 is 0 Å². The summed E-state index contributed by atoms with van der Waals surface area (Å²) in [6, 6.07) is 4.17. The maximum Gasteiger partial charge on any atom is 0.222 e. The Morgan fingerprint density at radius 3 is 2.57 bits per heavy atom. The number of benzene rings is 1. The van der Waals surface area contributed by atoms with E-state index in [1.165, 1.54) is 5.56 Å². The third-order valence-electron chi connectivity index (χ3n) is 3.69. The van der Waals surface area contributed by atoms with Crippen LogP contribution in [0.25, 0.3) is 0 Å². The van der Waals surface area contributed by atoms with Crippen LogP contribution in [0.4, 0.5) is 0 Å². The van der Waals surface area contributed by atoms with E-state index in [1.54, 1.807) is 0 Å². The minimum atomic E-state index is 0.139. The number of carbonyl (C=O) groups is 1. The normalized spacial score (nSPS) is 14.8. The van der Waals surface area contributed by atoms with Crippen LogP contribution in [0.15, 0.2) is 21.1 Å². The molecule has 1 aliphatic rings. The molecule has 4 nitrogen and oxygen atoms in total. The highest BCUT2D eigenvalue weighted by Crippen LogP contribution is 2.35. The Bertz CT molecular complexity index is 526. The molecular formula is C17H24Br2N2O2. The lowest BCUT2D eigenvalue weighted by Gasteiger charge is -2.16. The zero-order valence-corrected chi connectivity index (χ0v) is 16.9. The van der Waals surface area contributed by atoms with E-state index in [-0.39, 0.29) is 6.10 Å². The van der Waals surface area contributed by atoms with Crippen LogP contribution in [-0.4, -0.2) is 36.5 Å². The maximum absolute atomic E-state index is 11.5. The first kappa shape index (κ1) is 18.7. The molecule has 1 aromatic carbocycles. The molecule has 0 bridgehead atoms. The van der Waals surface area contributed by atoms with E-state index < -0.39 is 0 Å². The molecular weight excluding hydrogens is 424 g/mol. The first-order chi connectivity index (χ1) is 11.0. The van der Waals surface area contributed by atoms with Crippen LogP contribution in [-0.2, 0) is 11.3 Å². The Hall–Kier alpha value is -0.590. The summed E-state index contributed by atoms with van der Waals surface area (Å²) in [4.78, 5) is 13.5. The molecule has 23 heavy (non-hydrogen) atoms. The molecule has 0 aromatic heterocycles. The third kappa shape index (κ3) is 5.76. The van der Waals surface area contributed by atoms with Gasteiger partial charge in [-0.2, -0.15) is 0 Å². The lowest BCUT2D eigenvalue weighted by Crippen LogP contribution is -2.28. The number of nitrogens with zero attached hydrogens (tertiary/aromatic N) is 1. The molecule has 2 rings (SSSR count). The number of likely N-dealkylation sites (tertiary alicyclic amines) is 1. The van der Waals surface area contributed by atoms with Crippen LogP contribution >= 0.6 is 31.9 Å². The van der Waals surface area contributed by atoms with E-state index in [2.05, 4.69) is 49.3 Å². The molecule has 0 unspecified atom stereocenters. The number of hydrogen-bond acceptors (Lipinski definition) is 3. The summed E-state index contributed by atoms with van der Waals surface area (Å²) in [5.74, 6) is 1.15. The second kappa shape index (κ2) is 9.04. The topological polar surface area (TPSA) is 41.6 Å². The number of rotatable bonds is 8. The van der Waals surface area contributed by atoms with Gasteiger partial charge in [0.05, 0.1) is 15.0 Å². The second-order valence-electron chi connectivity index (χ2n) is 6.07. The standard InChI is InChI=1S/C17H24Br2N2O2/c1-12(2)23-17-14(18)9-13(10-15(17)19)11-20-6-4-8-21-7-3-5-16(21)22/h9-10,12,20H,3-8,11H2,1-2H3. The van der Waals surface area contributed by atoms with Gasteiger partial charge in [-0.25, -0.2) is 0 Å². The Morgan fingerprint density at radius 2 is 2.00 bits per heavy atom. The summed E-state index contributed by atoms with van der Waals surface area (Å²) < 4.78 is 7.71. The SMILES string of the molecule is CC(C)Oc1c(Br)cc(CNCCCN2CCCC2=O)cc1Br. The van der Waals surface area contributed by atoms with Crippen molar-refractivity contribution in [2.75, 3.05) is 19.6 Å². The average Bonchev–Trinajstić information content (AvgIpc) is 2.88. The molecule has 1 N–H and O–H groups in total. The van der Waals surface area contributed by atoms with Gasteiger partial charge >= 0.3 is 0 Å². The summed E-state index contributed by atoms with van der Waals surface area (Å²) in [5, 5.41) is 3.43. The highest BCUT2D eigenvalue weighted by atomic mass is 79.9. The van der Waals surface area contributed by atoms with Crippen LogP contribution in [0.5, 0.6) is 5.75 Å². The Labute approximate surface area is 155 Å². The van der Waals surface area contributed by atoms with Gasteiger partial charge in [0.25, 0.3) is 0 Å². The summed E-state index contributed by atoms with van der Waals surface area (Å²) in [7, 11) is 0. The second-order valence-corrected chi connectivity index (χ2v) is 7.78. The highest BCUT2D eigenvalue weighted by molar-refractivity contribution is 9.11. The minimum Gasteiger partial charge on any atom is -0.489 e. The van der Waals surface area contributed by atoms with Crippen LogP contribution < -0.4 is 10.1 Å². The predicted molar refractivity (Wildman–Crippen MR) is 99.7 cm³/mol. The molecule has 0 aliphatic carbocycles. The fourth-order valence-electron chi connectivity index (χ4n) is 2.63. The van der Waals surface area contributed by atoms with Crippen LogP contribution in [0, 0.1) is 0 Å². The van der Waals surface area contributed by atoms with Crippen molar-refractivity contribution >= 4 is 37.8 Å². The van der Waals surface area contributed by atoms with Crippen molar-refractivity contribution in [1.29, 1.82) is 0 Å². The summed E-state index contributed by atoms with van der Waals surface area (Å²) >= 11 is 7.15. The summed E-state index contributed by atoms with van der Waals surface area (Å²) in [6.45, 7) is 7.52. The van der Waals surface area contributed by atoms with Crippen molar-refractivity contribution in [3.63, 3.8) is 0 Å². The first-order valence-corrected chi connectivity index (χ1v) is 9.69. The van der Waals surface area contributed by atoms with Gasteiger partial charge in [-0.1, -0.05) is 0 Å². The number of halogens is 2. The maximum atomic E-state index is 11.5. The van der Waals surface area contributed by atoms with Crippen LogP contribution in [0.3, 0.4) is 0 Å². The van der Waals surface area contributed by atoms with Crippen molar-refractivity contribution in [2.24, 2.45) is 0 Å². The van der Waals surface area contributed by atoms with Gasteiger partial charge in [0.1, 0.15) is 5.75 Å². The lowest BCUT2D eigenvalue weighted by molar-refractivity contribution is -0.127. The lowest BCUT2D eigenvalue weighted by atomic mass is 10.2. The van der Waals surface area contributed by atoms with Crippen molar-refractivity contribution in [3.05, 3.63) is 26.6 Å². The molecule has 1 amide bonds. The molecule has 128 valence electrons. The Morgan fingerprint density at radius 1 is 1.30 bits per heavy atom. The first-order valence-electron chi connectivity index (χ1n) is 8.10. The smallest absolute Gasteiger partial charge is 0.222 e. The zero-order chi connectivity index (χ0) is 16.8. The number of ether oxygens (including phenoxy) is 1. The molecule has 0 spiro atoms. The quantitative estimate of drug-likeness (QED) is 0.610. The summed E-state index contributed by atoms with van der Waals surface area (Å²) in [5.41, 5.74) is 1.19. The van der Waals surface area contributed by atoms with Gasteiger partial charge in [0.2, 0.25) is 5.91 Å². The largest absolute Gasteiger partial charge is 0.489 e. The molecule has 0 radical (unpaired) electrons. The van der Waals surface area contributed by atoms with Crippen LogP contribution in [0.1, 0.15) is 38.7 Å². The third-order valence-corrected chi connectivity index (χ3v) is 4.87. The van der Waals surface area contributed by atoms with E-state index in [9.17, 15) is 4.79 Å². The van der Waals surface area contributed by atoms with Gasteiger partial charge in [-0.15, -0.1) is 0 Å². The predicted octanol–water partition coefficient (Wildman–Crippen LogP) is 4.10. The average molecular weight is 448 g/mol. The van der Waals surface area contributed by atoms with Crippen molar-refractivity contribution in [1.82, 2.24) is 10.2 Å². The van der Waals surface area contributed by atoms with Gasteiger partial charge in [-0.05, 0) is 82.8 Å². The Balaban J connectivity index is 1.76. The number of carbonyl (C=O) groups excluding carboxylic acids is 1. The Kier molecular flexibility index (Phi) is 7.37.